The van der Waals surface area contributed by atoms with Gasteiger partial charge in [-0.15, -0.1) is 11.3 Å². The van der Waals surface area contributed by atoms with Gasteiger partial charge in [-0.3, -0.25) is 24.6 Å². The van der Waals surface area contributed by atoms with Crippen LogP contribution in [0.2, 0.25) is 0 Å². The van der Waals surface area contributed by atoms with Crippen molar-refractivity contribution in [2.24, 2.45) is 5.92 Å². The summed E-state index contributed by atoms with van der Waals surface area (Å²) in [6.45, 7) is 1.71. The Morgan fingerprint density at radius 1 is 1.50 bits per heavy atom. The van der Waals surface area contributed by atoms with E-state index >= 15 is 0 Å². The number of carbonyl (C=O) groups is 2. The summed E-state index contributed by atoms with van der Waals surface area (Å²) in [4.78, 5) is 42.1. The number of carbonyl (C=O) groups excluding carboxylic acids is 2. The van der Waals surface area contributed by atoms with E-state index in [0.29, 0.717) is 16.8 Å². The van der Waals surface area contributed by atoms with Crippen LogP contribution in [0.25, 0.3) is 0 Å². The summed E-state index contributed by atoms with van der Waals surface area (Å²) in [5.74, 6) is 0.0914. The Bertz CT molecular complexity index is 973. The molecule has 1 N–H and O–H groups in total. The number of ether oxygens (including phenoxy) is 1. The van der Waals surface area contributed by atoms with Gasteiger partial charge in [-0.2, -0.15) is 0 Å². The third-order valence-corrected chi connectivity index (χ3v) is 5.87. The number of non-ortho nitro benzene ring substituents is 1. The van der Waals surface area contributed by atoms with Crippen molar-refractivity contribution in [1.29, 1.82) is 0 Å². The average molecular weight is 402 g/mol. The number of amides is 2. The molecule has 1 atom stereocenters. The van der Waals surface area contributed by atoms with Crippen LogP contribution in [-0.2, 0) is 22.4 Å². The first-order valence-corrected chi connectivity index (χ1v) is 9.72. The second kappa shape index (κ2) is 7.19. The molecule has 1 aliphatic carbocycles. The number of nitrogens with one attached hydrogen (secondary N) is 1. The van der Waals surface area contributed by atoms with E-state index in [2.05, 4.69) is 17.2 Å². The van der Waals surface area contributed by atoms with Gasteiger partial charge in [-0.05, 0) is 31.2 Å². The van der Waals surface area contributed by atoms with E-state index in [1.807, 2.05) is 0 Å². The SMILES string of the molecule is CC1CCc2nc(NC(=O)CN3C(=O)COc4ccc([N+](=O)[O-])cc43)sc2C1. The normalized spacial score (nSPS) is 18.1. The first-order chi connectivity index (χ1) is 13.4. The number of aromatic nitrogens is 1. The van der Waals surface area contributed by atoms with Gasteiger partial charge in [0.15, 0.2) is 11.7 Å². The molecule has 2 aromatic rings. The van der Waals surface area contributed by atoms with Gasteiger partial charge in [-0.25, -0.2) is 4.98 Å². The number of anilines is 2. The van der Waals surface area contributed by atoms with Crippen LogP contribution in [0.5, 0.6) is 5.75 Å². The minimum atomic E-state index is -0.557. The predicted molar refractivity (Wildman–Crippen MR) is 103 cm³/mol. The van der Waals surface area contributed by atoms with Gasteiger partial charge in [-0.1, -0.05) is 6.92 Å². The number of fused-ring (bicyclic) bond motifs is 2. The molecule has 1 aliphatic heterocycles. The molecule has 0 saturated carbocycles. The number of aryl methyl sites for hydroxylation is 1. The number of thiazole rings is 1. The molecule has 1 aromatic carbocycles. The quantitative estimate of drug-likeness (QED) is 0.621. The lowest BCUT2D eigenvalue weighted by molar-refractivity contribution is -0.384. The molecular formula is C18H18N4O5S. The van der Waals surface area contributed by atoms with E-state index in [1.165, 1.54) is 39.3 Å². The van der Waals surface area contributed by atoms with Crippen LogP contribution in [0.1, 0.15) is 23.9 Å². The molecule has 0 spiro atoms. The first kappa shape index (κ1) is 18.4. The second-order valence-corrected chi connectivity index (χ2v) is 8.05. The highest BCUT2D eigenvalue weighted by atomic mass is 32.1. The molecule has 0 bridgehead atoms. The Balaban J connectivity index is 1.51. The molecule has 2 heterocycles. The van der Waals surface area contributed by atoms with Crippen molar-refractivity contribution in [2.75, 3.05) is 23.4 Å². The smallest absolute Gasteiger partial charge is 0.271 e. The van der Waals surface area contributed by atoms with Crippen LogP contribution in [-0.4, -0.2) is 34.9 Å². The zero-order chi connectivity index (χ0) is 19.8. The minimum absolute atomic E-state index is 0.177. The maximum atomic E-state index is 12.5. The molecule has 0 radical (unpaired) electrons. The first-order valence-electron chi connectivity index (χ1n) is 8.90. The predicted octanol–water partition coefficient (Wildman–Crippen LogP) is 2.54. The number of nitro benzene ring substituents is 1. The van der Waals surface area contributed by atoms with Crippen LogP contribution >= 0.6 is 11.3 Å². The minimum Gasteiger partial charge on any atom is -0.482 e. The van der Waals surface area contributed by atoms with E-state index < -0.39 is 16.7 Å². The van der Waals surface area contributed by atoms with Gasteiger partial charge in [0.1, 0.15) is 12.3 Å². The summed E-state index contributed by atoms with van der Waals surface area (Å²) >= 11 is 1.46. The van der Waals surface area contributed by atoms with E-state index in [1.54, 1.807) is 0 Å². The van der Waals surface area contributed by atoms with E-state index in [-0.39, 0.29) is 24.5 Å². The zero-order valence-corrected chi connectivity index (χ0v) is 16.0. The fourth-order valence-electron chi connectivity index (χ4n) is 3.37. The summed E-state index contributed by atoms with van der Waals surface area (Å²) in [5, 5.41) is 14.3. The molecule has 28 heavy (non-hydrogen) atoms. The van der Waals surface area contributed by atoms with Gasteiger partial charge in [0, 0.05) is 17.0 Å². The van der Waals surface area contributed by atoms with Crippen LogP contribution in [0.15, 0.2) is 18.2 Å². The summed E-state index contributed by atoms with van der Waals surface area (Å²) in [6.07, 6.45) is 2.95. The third-order valence-electron chi connectivity index (χ3n) is 4.83. The van der Waals surface area contributed by atoms with Gasteiger partial charge in [0.25, 0.3) is 11.6 Å². The summed E-state index contributed by atoms with van der Waals surface area (Å²) in [6, 6.07) is 3.97. The molecule has 1 aromatic heterocycles. The van der Waals surface area contributed by atoms with Crippen molar-refractivity contribution in [3.8, 4) is 5.75 Å². The van der Waals surface area contributed by atoms with Crippen LogP contribution in [0.4, 0.5) is 16.5 Å². The van der Waals surface area contributed by atoms with Gasteiger partial charge in [0.2, 0.25) is 5.91 Å². The fraction of sp³-hybridized carbons (Fsp3) is 0.389. The number of nitro groups is 1. The van der Waals surface area contributed by atoms with Crippen molar-refractivity contribution < 1.29 is 19.2 Å². The summed E-state index contributed by atoms with van der Waals surface area (Å²) in [7, 11) is 0. The number of rotatable bonds is 4. The Morgan fingerprint density at radius 2 is 2.32 bits per heavy atom. The molecule has 2 amide bonds. The lowest BCUT2D eigenvalue weighted by Gasteiger charge is -2.28. The highest BCUT2D eigenvalue weighted by molar-refractivity contribution is 7.15. The molecule has 9 nitrogen and oxygen atoms in total. The topological polar surface area (TPSA) is 115 Å². The highest BCUT2D eigenvalue weighted by Crippen LogP contribution is 2.35. The number of benzene rings is 1. The summed E-state index contributed by atoms with van der Waals surface area (Å²) in [5.41, 5.74) is 1.07. The lowest BCUT2D eigenvalue weighted by Crippen LogP contribution is -2.43. The Hall–Kier alpha value is -3.01. The zero-order valence-electron chi connectivity index (χ0n) is 15.1. The maximum Gasteiger partial charge on any atom is 0.271 e. The Kier molecular flexibility index (Phi) is 4.71. The van der Waals surface area contributed by atoms with Crippen molar-refractivity contribution in [2.45, 2.75) is 26.2 Å². The molecule has 4 rings (SSSR count). The van der Waals surface area contributed by atoms with Crippen molar-refractivity contribution in [3.05, 3.63) is 38.9 Å². The fourth-order valence-corrected chi connectivity index (χ4v) is 4.56. The summed E-state index contributed by atoms with van der Waals surface area (Å²) < 4.78 is 5.31. The second-order valence-electron chi connectivity index (χ2n) is 6.96. The Morgan fingerprint density at radius 3 is 3.11 bits per heavy atom. The van der Waals surface area contributed by atoms with E-state index in [0.717, 1.165) is 25.0 Å². The van der Waals surface area contributed by atoms with Gasteiger partial charge in [0.05, 0.1) is 16.3 Å². The molecular weight excluding hydrogens is 384 g/mol. The molecule has 10 heteroatoms. The van der Waals surface area contributed by atoms with Crippen LogP contribution in [0, 0.1) is 16.0 Å². The third kappa shape index (κ3) is 3.55. The van der Waals surface area contributed by atoms with Gasteiger partial charge < -0.3 is 10.1 Å². The maximum absolute atomic E-state index is 12.5. The molecule has 146 valence electrons. The number of hydrogen-bond acceptors (Lipinski definition) is 7. The highest BCUT2D eigenvalue weighted by Gasteiger charge is 2.29. The van der Waals surface area contributed by atoms with Crippen molar-refractivity contribution in [3.63, 3.8) is 0 Å². The van der Waals surface area contributed by atoms with E-state index in [4.69, 9.17) is 4.74 Å². The lowest BCUT2D eigenvalue weighted by atomic mass is 9.93. The molecule has 0 fully saturated rings. The van der Waals surface area contributed by atoms with Crippen LogP contribution in [0.3, 0.4) is 0 Å². The number of hydrogen-bond donors (Lipinski definition) is 1. The Labute approximate surface area is 164 Å². The van der Waals surface area contributed by atoms with Crippen molar-refractivity contribution in [1.82, 2.24) is 4.98 Å². The van der Waals surface area contributed by atoms with E-state index in [9.17, 15) is 19.7 Å². The molecule has 2 aliphatic rings. The van der Waals surface area contributed by atoms with Crippen LogP contribution < -0.4 is 15.0 Å². The average Bonchev–Trinajstić information content (AvgIpc) is 3.04. The molecule has 0 saturated heterocycles. The standard InChI is InChI=1S/C18H18N4O5S/c1-10-2-4-12-15(6-10)28-18(19-12)20-16(23)8-21-13-7-11(22(25)26)3-5-14(13)27-9-17(21)24/h3,5,7,10H,2,4,6,8-9H2,1H3,(H,19,20,23). The van der Waals surface area contributed by atoms with Gasteiger partial charge >= 0.3 is 0 Å². The van der Waals surface area contributed by atoms with Crippen molar-refractivity contribution >= 4 is 39.7 Å². The largest absolute Gasteiger partial charge is 0.482 e. The number of nitrogens with zero attached hydrogens (tertiary/aromatic N) is 3. The molecule has 1 unspecified atom stereocenters. The monoisotopic (exact) mass is 402 g/mol.